The van der Waals surface area contributed by atoms with Crippen molar-refractivity contribution in [2.45, 2.75) is 56.9 Å². The van der Waals surface area contributed by atoms with E-state index in [1.54, 1.807) is 16.8 Å². The van der Waals surface area contributed by atoms with Crippen molar-refractivity contribution >= 4 is 44.6 Å². The molecule has 0 saturated heterocycles. The Morgan fingerprint density at radius 1 is 1.35 bits per heavy atom. The molecular weight excluding hydrogens is 440 g/mol. The standard InChI is InChI=1S/C20H27ClN6O3S/c1-12(2)27-18-13(8-17(21)19(27)28)10-24-20(26-18)25-14-4-6-15(7-5-14)31(29,30)16(9-22)11-23-3/h8-12,14-15H,4-7,22H2,1-3H3,(H,24,25,26)/b16-9+,23-11?. The summed E-state index contributed by atoms with van der Waals surface area (Å²) in [7, 11) is -2.00. The summed E-state index contributed by atoms with van der Waals surface area (Å²) < 4.78 is 27.0. The van der Waals surface area contributed by atoms with Crippen molar-refractivity contribution in [1.29, 1.82) is 0 Å². The summed E-state index contributed by atoms with van der Waals surface area (Å²) >= 11 is 6.06. The zero-order chi connectivity index (χ0) is 22.8. The van der Waals surface area contributed by atoms with Crippen LogP contribution in [-0.4, -0.2) is 47.5 Å². The molecule has 2 aromatic rings. The number of rotatable bonds is 6. The first-order chi connectivity index (χ1) is 14.7. The van der Waals surface area contributed by atoms with E-state index in [-0.39, 0.29) is 27.6 Å². The molecule has 3 N–H and O–H groups in total. The monoisotopic (exact) mass is 466 g/mol. The normalized spacial score (nSPS) is 20.6. The van der Waals surface area contributed by atoms with Gasteiger partial charge >= 0.3 is 0 Å². The summed E-state index contributed by atoms with van der Waals surface area (Å²) in [4.78, 5) is 25.2. The minimum atomic E-state index is -3.51. The minimum absolute atomic E-state index is 0.0283. The van der Waals surface area contributed by atoms with Gasteiger partial charge in [-0.05, 0) is 45.6 Å². The molecule has 11 heteroatoms. The lowest BCUT2D eigenvalue weighted by atomic mass is 9.95. The number of halogens is 1. The maximum atomic E-state index is 12.8. The van der Waals surface area contributed by atoms with E-state index >= 15 is 0 Å². The van der Waals surface area contributed by atoms with E-state index in [0.717, 1.165) is 6.20 Å². The molecular formula is C20H27ClN6O3S. The van der Waals surface area contributed by atoms with Gasteiger partial charge in [-0.1, -0.05) is 11.6 Å². The third-order valence-corrected chi connectivity index (χ3v) is 7.96. The number of nitrogens with zero attached hydrogens (tertiary/aromatic N) is 4. The second kappa shape index (κ2) is 9.35. The van der Waals surface area contributed by atoms with E-state index in [2.05, 4.69) is 20.3 Å². The van der Waals surface area contributed by atoms with Gasteiger partial charge in [0.15, 0.2) is 9.84 Å². The average Bonchev–Trinajstić information content (AvgIpc) is 2.73. The summed E-state index contributed by atoms with van der Waals surface area (Å²) in [5.41, 5.74) is 5.70. The molecule has 31 heavy (non-hydrogen) atoms. The van der Waals surface area contributed by atoms with Crippen LogP contribution in [-0.2, 0) is 9.84 Å². The predicted octanol–water partition coefficient (Wildman–Crippen LogP) is 2.66. The molecule has 0 radical (unpaired) electrons. The van der Waals surface area contributed by atoms with Crippen molar-refractivity contribution in [2.24, 2.45) is 10.7 Å². The number of allylic oxidation sites excluding steroid dienone is 1. The van der Waals surface area contributed by atoms with Crippen LogP contribution in [0.5, 0.6) is 0 Å². The second-order valence-electron chi connectivity index (χ2n) is 7.85. The highest BCUT2D eigenvalue weighted by Gasteiger charge is 2.33. The van der Waals surface area contributed by atoms with Crippen LogP contribution in [0.3, 0.4) is 0 Å². The van der Waals surface area contributed by atoms with Gasteiger partial charge in [-0.15, -0.1) is 0 Å². The highest BCUT2D eigenvalue weighted by atomic mass is 35.5. The van der Waals surface area contributed by atoms with E-state index < -0.39 is 15.1 Å². The lowest BCUT2D eigenvalue weighted by molar-refractivity contribution is 0.452. The van der Waals surface area contributed by atoms with Gasteiger partial charge in [0.25, 0.3) is 5.56 Å². The quantitative estimate of drug-likeness (QED) is 0.625. The number of hydrogen-bond donors (Lipinski definition) is 2. The van der Waals surface area contributed by atoms with E-state index in [1.807, 2.05) is 13.8 Å². The van der Waals surface area contributed by atoms with Crippen LogP contribution >= 0.6 is 11.6 Å². The number of hydrogen-bond acceptors (Lipinski definition) is 8. The highest BCUT2D eigenvalue weighted by molar-refractivity contribution is 7.96. The molecule has 9 nitrogen and oxygen atoms in total. The van der Waals surface area contributed by atoms with Gasteiger partial charge in [0, 0.05) is 43.1 Å². The zero-order valence-corrected chi connectivity index (χ0v) is 19.3. The molecule has 1 fully saturated rings. The molecule has 1 aliphatic rings. The van der Waals surface area contributed by atoms with Crippen molar-refractivity contribution in [3.8, 4) is 0 Å². The second-order valence-corrected chi connectivity index (χ2v) is 10.5. The van der Waals surface area contributed by atoms with Gasteiger partial charge in [-0.25, -0.2) is 13.4 Å². The Morgan fingerprint density at radius 2 is 2.03 bits per heavy atom. The molecule has 0 spiro atoms. The first kappa shape index (κ1) is 23.2. The molecule has 0 atom stereocenters. The zero-order valence-electron chi connectivity index (χ0n) is 17.7. The van der Waals surface area contributed by atoms with Gasteiger partial charge in [-0.3, -0.25) is 14.4 Å². The smallest absolute Gasteiger partial charge is 0.271 e. The Kier molecular flexibility index (Phi) is 7.00. The van der Waals surface area contributed by atoms with Crippen molar-refractivity contribution in [3.63, 3.8) is 0 Å². The predicted molar refractivity (Wildman–Crippen MR) is 124 cm³/mol. The molecule has 2 heterocycles. The fraction of sp³-hybridized carbons (Fsp3) is 0.500. The highest BCUT2D eigenvalue weighted by Crippen LogP contribution is 2.29. The Bertz CT molecular complexity index is 1180. The number of aromatic nitrogens is 3. The van der Waals surface area contributed by atoms with Gasteiger partial charge in [-0.2, -0.15) is 4.98 Å². The molecule has 0 aliphatic heterocycles. The van der Waals surface area contributed by atoms with E-state index in [9.17, 15) is 13.2 Å². The Hall–Kier alpha value is -2.46. The third kappa shape index (κ3) is 4.74. The first-order valence-electron chi connectivity index (χ1n) is 10.1. The number of nitrogens with two attached hydrogens (primary N) is 1. The number of fused-ring (bicyclic) bond motifs is 1. The summed E-state index contributed by atoms with van der Waals surface area (Å²) in [6.45, 7) is 3.78. The van der Waals surface area contributed by atoms with Crippen LogP contribution in [0.4, 0.5) is 5.95 Å². The molecule has 0 unspecified atom stereocenters. The summed E-state index contributed by atoms with van der Waals surface area (Å²) in [6.07, 6.45) is 6.28. The summed E-state index contributed by atoms with van der Waals surface area (Å²) in [6, 6.07) is 1.48. The Labute approximate surface area is 186 Å². The fourth-order valence-electron chi connectivity index (χ4n) is 3.87. The topological polar surface area (TPSA) is 132 Å². The molecule has 3 rings (SSSR count). The first-order valence-corrected chi connectivity index (χ1v) is 12.0. The van der Waals surface area contributed by atoms with Crippen LogP contribution in [0.2, 0.25) is 5.02 Å². The number of anilines is 1. The van der Waals surface area contributed by atoms with Crippen LogP contribution in [0.25, 0.3) is 11.0 Å². The molecule has 0 bridgehead atoms. The number of pyridine rings is 1. The molecule has 168 valence electrons. The van der Waals surface area contributed by atoms with Gasteiger partial charge in [0.2, 0.25) is 5.95 Å². The van der Waals surface area contributed by atoms with E-state index in [0.29, 0.717) is 42.7 Å². The van der Waals surface area contributed by atoms with Gasteiger partial charge in [0.1, 0.15) is 15.6 Å². The average molecular weight is 467 g/mol. The molecule has 0 aromatic carbocycles. The fourth-order valence-corrected chi connectivity index (χ4v) is 5.79. The summed E-state index contributed by atoms with van der Waals surface area (Å²) in [5, 5.41) is 3.59. The van der Waals surface area contributed by atoms with Crippen molar-refractivity contribution in [2.75, 3.05) is 12.4 Å². The SMILES string of the molecule is CN=C/C(=C\N)S(=O)(=O)C1CCC(Nc2ncc3cc(Cl)c(=O)n(C(C)C)c3n2)CC1. The maximum Gasteiger partial charge on any atom is 0.271 e. The molecule has 1 saturated carbocycles. The molecule has 2 aromatic heterocycles. The largest absolute Gasteiger partial charge is 0.404 e. The van der Waals surface area contributed by atoms with Crippen LogP contribution < -0.4 is 16.6 Å². The van der Waals surface area contributed by atoms with Crippen LogP contribution in [0.1, 0.15) is 45.6 Å². The lowest BCUT2D eigenvalue weighted by Gasteiger charge is -2.29. The van der Waals surface area contributed by atoms with Crippen LogP contribution in [0, 0.1) is 0 Å². The van der Waals surface area contributed by atoms with Crippen molar-refractivity contribution in [1.82, 2.24) is 14.5 Å². The van der Waals surface area contributed by atoms with E-state index in [1.165, 1.54) is 13.3 Å². The van der Waals surface area contributed by atoms with Crippen molar-refractivity contribution in [3.05, 3.63) is 38.7 Å². The number of sulfone groups is 1. The third-order valence-electron chi connectivity index (χ3n) is 5.44. The number of nitrogens with one attached hydrogen (secondary N) is 1. The van der Waals surface area contributed by atoms with Gasteiger partial charge in [0.05, 0.1) is 5.25 Å². The maximum absolute atomic E-state index is 12.8. The minimum Gasteiger partial charge on any atom is -0.404 e. The Morgan fingerprint density at radius 3 is 2.61 bits per heavy atom. The van der Waals surface area contributed by atoms with E-state index in [4.69, 9.17) is 17.3 Å². The summed E-state index contributed by atoms with van der Waals surface area (Å²) in [5.74, 6) is 0.399. The van der Waals surface area contributed by atoms with Crippen LogP contribution in [0.15, 0.2) is 33.2 Å². The number of aliphatic imine (C=N–C) groups is 1. The molecule has 0 amide bonds. The van der Waals surface area contributed by atoms with Crippen molar-refractivity contribution < 1.29 is 8.42 Å². The lowest BCUT2D eigenvalue weighted by Crippen LogP contribution is -2.34. The van der Waals surface area contributed by atoms with Gasteiger partial charge < -0.3 is 11.1 Å². The Balaban J connectivity index is 1.77. The molecule has 1 aliphatic carbocycles.